The smallest absolute Gasteiger partial charge is 0.130 e. The lowest BCUT2D eigenvalue weighted by atomic mass is 10.1. The van der Waals surface area contributed by atoms with Gasteiger partial charge in [-0.2, -0.15) is 0 Å². The molecule has 3 nitrogen and oxygen atoms in total. The van der Waals surface area contributed by atoms with Crippen molar-refractivity contribution in [2.45, 2.75) is 52.0 Å². The molecule has 0 atom stereocenters. The van der Waals surface area contributed by atoms with Crippen molar-refractivity contribution < 1.29 is 4.74 Å². The Kier molecular flexibility index (Phi) is 5.98. The lowest BCUT2D eigenvalue weighted by molar-refractivity contribution is 0.221. The average molecular weight is 365 g/mol. The predicted octanol–water partition coefficient (Wildman–Crippen LogP) is 5.76. The van der Waals surface area contributed by atoms with Gasteiger partial charge in [-0.25, -0.2) is 0 Å². The Bertz CT molecular complexity index is 729. The molecule has 0 bridgehead atoms. The molecule has 2 aliphatic rings. The lowest BCUT2D eigenvalue weighted by Crippen LogP contribution is -2.29. The summed E-state index contributed by atoms with van der Waals surface area (Å²) in [4.78, 5) is 5.05. The number of rotatable bonds is 5. The van der Waals surface area contributed by atoms with Crippen molar-refractivity contribution in [1.29, 1.82) is 0 Å². The van der Waals surface area contributed by atoms with Gasteiger partial charge in [0.2, 0.25) is 0 Å². The molecule has 27 heavy (non-hydrogen) atoms. The number of benzene rings is 2. The van der Waals surface area contributed by atoms with E-state index >= 15 is 0 Å². The minimum Gasteiger partial charge on any atom is -0.457 e. The minimum atomic E-state index is 0.922. The molecule has 0 amide bonds. The summed E-state index contributed by atoms with van der Waals surface area (Å²) in [6, 6.07) is 15.2. The van der Waals surface area contributed by atoms with Crippen molar-refractivity contribution >= 4 is 5.69 Å². The maximum atomic E-state index is 6.16. The molecule has 2 heterocycles. The Morgan fingerprint density at radius 2 is 1.44 bits per heavy atom. The normalized spacial score (nSPS) is 18.5. The van der Waals surface area contributed by atoms with Crippen LogP contribution in [0.2, 0.25) is 0 Å². The lowest BCUT2D eigenvalue weighted by Gasteiger charge is -2.29. The largest absolute Gasteiger partial charge is 0.457 e. The van der Waals surface area contributed by atoms with Gasteiger partial charge in [0.15, 0.2) is 0 Å². The Morgan fingerprint density at radius 3 is 2.11 bits per heavy atom. The van der Waals surface area contributed by atoms with Crippen molar-refractivity contribution in [2.24, 2.45) is 0 Å². The van der Waals surface area contributed by atoms with Crippen molar-refractivity contribution in [3.05, 3.63) is 53.6 Å². The van der Waals surface area contributed by atoms with Gasteiger partial charge in [0.05, 0.1) is 0 Å². The number of hydrogen-bond acceptors (Lipinski definition) is 3. The fourth-order valence-corrected chi connectivity index (χ4v) is 4.26. The predicted molar refractivity (Wildman–Crippen MR) is 113 cm³/mol. The molecule has 144 valence electrons. The molecular formula is C24H32N2O. The Morgan fingerprint density at radius 1 is 0.778 bits per heavy atom. The number of anilines is 1. The molecule has 2 aliphatic heterocycles. The molecule has 2 fully saturated rings. The van der Waals surface area contributed by atoms with E-state index in [4.69, 9.17) is 4.74 Å². The highest BCUT2D eigenvalue weighted by Crippen LogP contribution is 2.30. The zero-order valence-electron chi connectivity index (χ0n) is 16.6. The van der Waals surface area contributed by atoms with E-state index in [-0.39, 0.29) is 0 Å². The first-order valence-corrected chi connectivity index (χ1v) is 10.6. The molecule has 0 N–H and O–H groups in total. The topological polar surface area (TPSA) is 15.7 Å². The maximum absolute atomic E-state index is 6.16. The Labute approximate surface area is 163 Å². The van der Waals surface area contributed by atoms with Gasteiger partial charge < -0.3 is 9.64 Å². The van der Waals surface area contributed by atoms with Gasteiger partial charge in [0.25, 0.3) is 0 Å². The number of aryl methyl sites for hydroxylation is 1. The van der Waals surface area contributed by atoms with E-state index in [0.29, 0.717) is 0 Å². The van der Waals surface area contributed by atoms with Crippen LogP contribution in [0.15, 0.2) is 42.5 Å². The van der Waals surface area contributed by atoms with Crippen molar-refractivity contribution in [1.82, 2.24) is 4.90 Å². The maximum Gasteiger partial charge on any atom is 0.130 e. The second-order valence-corrected chi connectivity index (χ2v) is 8.08. The third-order valence-corrected chi connectivity index (χ3v) is 5.89. The second-order valence-electron chi connectivity index (χ2n) is 8.08. The van der Waals surface area contributed by atoms with Crippen LogP contribution >= 0.6 is 0 Å². The van der Waals surface area contributed by atoms with Gasteiger partial charge in [0.1, 0.15) is 11.5 Å². The van der Waals surface area contributed by atoms with Crippen LogP contribution in [0.4, 0.5) is 5.69 Å². The van der Waals surface area contributed by atoms with E-state index in [1.54, 1.807) is 0 Å². The molecule has 4 rings (SSSR count). The molecule has 2 aromatic carbocycles. The molecule has 0 radical (unpaired) electrons. The van der Waals surface area contributed by atoms with E-state index < -0.39 is 0 Å². The SMILES string of the molecule is Cc1cc(N2CCCCC2)ccc1Oc1ccc(CN2CCCCC2)cc1. The molecule has 2 aromatic rings. The highest BCUT2D eigenvalue weighted by atomic mass is 16.5. The van der Waals surface area contributed by atoms with Gasteiger partial charge in [-0.3, -0.25) is 4.90 Å². The molecule has 0 unspecified atom stereocenters. The highest BCUT2D eigenvalue weighted by molar-refractivity contribution is 5.53. The summed E-state index contributed by atoms with van der Waals surface area (Å²) >= 11 is 0. The van der Waals surface area contributed by atoms with Gasteiger partial charge in [-0.15, -0.1) is 0 Å². The molecule has 2 saturated heterocycles. The van der Waals surface area contributed by atoms with Gasteiger partial charge in [-0.1, -0.05) is 18.6 Å². The fourth-order valence-electron chi connectivity index (χ4n) is 4.26. The zero-order chi connectivity index (χ0) is 18.5. The molecular weight excluding hydrogens is 332 g/mol. The quantitative estimate of drug-likeness (QED) is 0.670. The molecule has 0 spiro atoms. The van der Waals surface area contributed by atoms with Gasteiger partial charge >= 0.3 is 0 Å². The van der Waals surface area contributed by atoms with Crippen molar-refractivity contribution in [3.63, 3.8) is 0 Å². The minimum absolute atomic E-state index is 0.922. The van der Waals surface area contributed by atoms with Crippen LogP contribution in [0.3, 0.4) is 0 Å². The molecule has 0 aromatic heterocycles. The first kappa shape index (κ1) is 18.4. The van der Waals surface area contributed by atoms with E-state index in [2.05, 4.69) is 59.2 Å². The number of likely N-dealkylation sites (tertiary alicyclic amines) is 1. The number of ether oxygens (including phenoxy) is 1. The van der Waals surface area contributed by atoms with E-state index in [9.17, 15) is 0 Å². The first-order valence-electron chi connectivity index (χ1n) is 10.6. The van der Waals surface area contributed by atoms with Crippen LogP contribution in [0.25, 0.3) is 0 Å². The van der Waals surface area contributed by atoms with Crippen LogP contribution < -0.4 is 9.64 Å². The summed E-state index contributed by atoms with van der Waals surface area (Å²) in [7, 11) is 0. The highest BCUT2D eigenvalue weighted by Gasteiger charge is 2.13. The summed E-state index contributed by atoms with van der Waals surface area (Å²) in [5.41, 5.74) is 3.91. The van der Waals surface area contributed by atoms with Crippen LogP contribution in [0.5, 0.6) is 11.5 Å². The van der Waals surface area contributed by atoms with Gasteiger partial charge in [-0.05, 0) is 93.6 Å². The summed E-state index contributed by atoms with van der Waals surface area (Å²) in [6.45, 7) is 8.04. The van der Waals surface area contributed by atoms with Gasteiger partial charge in [0, 0.05) is 25.3 Å². The van der Waals surface area contributed by atoms with E-state index in [1.165, 1.54) is 81.5 Å². The molecule has 3 heteroatoms. The standard InChI is InChI=1S/C24H32N2O/c1-20-18-22(26-16-6-3-7-17-26)10-13-24(20)27-23-11-8-21(9-12-23)19-25-14-4-2-5-15-25/h8-13,18H,2-7,14-17,19H2,1H3. The van der Waals surface area contributed by atoms with Crippen molar-refractivity contribution in [3.8, 4) is 11.5 Å². The third-order valence-electron chi connectivity index (χ3n) is 5.89. The van der Waals surface area contributed by atoms with Crippen LogP contribution in [0, 0.1) is 6.92 Å². The third kappa shape index (κ3) is 4.84. The molecule has 0 saturated carbocycles. The Hall–Kier alpha value is -2.00. The summed E-state index contributed by atoms with van der Waals surface area (Å²) < 4.78 is 6.16. The van der Waals surface area contributed by atoms with Crippen molar-refractivity contribution in [2.75, 3.05) is 31.1 Å². The second kappa shape index (κ2) is 8.79. The number of nitrogens with zero attached hydrogens (tertiary/aromatic N) is 2. The summed E-state index contributed by atoms with van der Waals surface area (Å²) in [5, 5.41) is 0. The van der Waals surface area contributed by atoms with E-state index in [1.807, 2.05) is 0 Å². The van der Waals surface area contributed by atoms with E-state index in [0.717, 1.165) is 18.0 Å². The summed E-state index contributed by atoms with van der Waals surface area (Å²) in [6.07, 6.45) is 8.05. The summed E-state index contributed by atoms with van der Waals surface area (Å²) in [5.74, 6) is 1.88. The number of hydrogen-bond donors (Lipinski definition) is 0. The Balaban J connectivity index is 1.38. The van der Waals surface area contributed by atoms with Crippen LogP contribution in [0.1, 0.15) is 49.7 Å². The monoisotopic (exact) mass is 364 g/mol. The number of piperidine rings is 2. The van der Waals surface area contributed by atoms with Crippen LogP contribution in [-0.2, 0) is 6.54 Å². The zero-order valence-corrected chi connectivity index (χ0v) is 16.6. The average Bonchev–Trinajstić information content (AvgIpc) is 2.72. The fraction of sp³-hybridized carbons (Fsp3) is 0.500. The van der Waals surface area contributed by atoms with Crippen LogP contribution in [-0.4, -0.2) is 31.1 Å². The first-order chi connectivity index (χ1) is 13.3. The molecule has 0 aliphatic carbocycles.